The summed E-state index contributed by atoms with van der Waals surface area (Å²) < 4.78 is 21.1. The third kappa shape index (κ3) is 4.02. The van der Waals surface area contributed by atoms with Crippen LogP contribution in [-0.4, -0.2) is 57.6 Å². The number of aliphatic hydroxyl groups excluding tert-OH is 1. The van der Waals surface area contributed by atoms with Crippen molar-refractivity contribution in [2.75, 3.05) is 19.8 Å². The van der Waals surface area contributed by atoms with Gasteiger partial charge in [-0.3, -0.25) is 9.59 Å². The number of esters is 1. The molecule has 0 aliphatic carbocycles. The van der Waals surface area contributed by atoms with Crippen molar-refractivity contribution in [1.29, 1.82) is 0 Å². The lowest BCUT2D eigenvalue weighted by atomic mass is 9.86. The molecule has 1 unspecified atom stereocenters. The van der Waals surface area contributed by atoms with Gasteiger partial charge in [-0.15, -0.1) is 0 Å². The van der Waals surface area contributed by atoms with Gasteiger partial charge in [-0.2, -0.15) is 0 Å². The van der Waals surface area contributed by atoms with Crippen molar-refractivity contribution in [2.24, 2.45) is 5.16 Å². The summed E-state index contributed by atoms with van der Waals surface area (Å²) in [6, 6.07) is 4.52. The molecule has 1 aromatic carbocycles. The Morgan fingerprint density at radius 1 is 1.34 bits per heavy atom. The maximum Gasteiger partial charge on any atom is 0.343 e. The second-order valence-corrected chi connectivity index (χ2v) is 9.15. The molecule has 4 heterocycles. The van der Waals surface area contributed by atoms with Crippen LogP contribution in [0.1, 0.15) is 41.2 Å². The molecule has 198 valence electrons. The van der Waals surface area contributed by atoms with Crippen LogP contribution in [0.5, 0.6) is 0 Å². The molecule has 38 heavy (non-hydrogen) atoms. The fourth-order valence-corrected chi connectivity index (χ4v) is 4.82. The number of carbonyl (C=O) groups excluding carboxylic acids is 2. The molecule has 3 aromatic rings. The molecule has 0 saturated carbocycles. The lowest BCUT2D eigenvalue weighted by Gasteiger charge is -2.31. The fourth-order valence-electron chi connectivity index (χ4n) is 4.82. The highest BCUT2D eigenvalue weighted by molar-refractivity contribution is 6.02. The van der Waals surface area contributed by atoms with Gasteiger partial charge < -0.3 is 29.7 Å². The second-order valence-electron chi connectivity index (χ2n) is 9.15. The maximum atomic E-state index is 14.5. The molecule has 3 N–H and O–H groups in total. The highest BCUT2D eigenvalue weighted by atomic mass is 19.1. The average Bonchev–Trinajstić information content (AvgIpc) is 3.27. The van der Waals surface area contributed by atoms with Crippen LogP contribution >= 0.6 is 0 Å². The number of amides is 1. The van der Waals surface area contributed by atoms with E-state index in [4.69, 9.17) is 14.7 Å². The lowest BCUT2D eigenvalue weighted by Crippen LogP contribution is -2.44. The number of ether oxygens (including phenoxy) is 1. The van der Waals surface area contributed by atoms with Crippen LogP contribution in [-0.2, 0) is 37.9 Å². The Kier molecular flexibility index (Phi) is 6.45. The van der Waals surface area contributed by atoms with Gasteiger partial charge in [-0.1, -0.05) is 12.1 Å². The number of aliphatic hydroxyl groups is 2. The van der Waals surface area contributed by atoms with E-state index in [1.54, 1.807) is 26.0 Å². The van der Waals surface area contributed by atoms with Crippen LogP contribution < -0.4 is 10.9 Å². The maximum absolute atomic E-state index is 14.5. The van der Waals surface area contributed by atoms with Crippen LogP contribution in [0.2, 0.25) is 0 Å². The molecule has 1 amide bonds. The van der Waals surface area contributed by atoms with Crippen LogP contribution in [0.15, 0.2) is 28.1 Å². The van der Waals surface area contributed by atoms with Crippen molar-refractivity contribution in [3.63, 3.8) is 0 Å². The quantitative estimate of drug-likeness (QED) is 0.140. The zero-order valence-electron chi connectivity index (χ0n) is 20.7. The zero-order valence-corrected chi connectivity index (χ0v) is 20.7. The van der Waals surface area contributed by atoms with Crippen molar-refractivity contribution in [1.82, 2.24) is 14.9 Å². The molecule has 0 spiro atoms. The van der Waals surface area contributed by atoms with Gasteiger partial charge in [0.1, 0.15) is 25.6 Å². The van der Waals surface area contributed by atoms with Crippen molar-refractivity contribution in [3.8, 4) is 11.4 Å². The molecule has 5 rings (SSSR count). The van der Waals surface area contributed by atoms with Gasteiger partial charge in [-0.25, -0.2) is 14.2 Å². The van der Waals surface area contributed by atoms with Gasteiger partial charge in [-0.05, 0) is 31.0 Å². The van der Waals surface area contributed by atoms with E-state index in [-0.39, 0.29) is 43.9 Å². The minimum Gasteiger partial charge on any atom is -0.458 e. The largest absolute Gasteiger partial charge is 0.458 e. The highest BCUT2D eigenvalue weighted by Gasteiger charge is 2.45. The summed E-state index contributed by atoms with van der Waals surface area (Å²) in [5.74, 6) is -1.81. The Labute approximate surface area is 215 Å². The Morgan fingerprint density at radius 3 is 2.87 bits per heavy atom. The summed E-state index contributed by atoms with van der Waals surface area (Å²) in [5.41, 5.74) is 0.698. The van der Waals surface area contributed by atoms with E-state index < -0.39 is 35.5 Å². The number of fused-ring (bicyclic) bond motifs is 5. The van der Waals surface area contributed by atoms with Gasteiger partial charge in [0.25, 0.3) is 5.56 Å². The first kappa shape index (κ1) is 25.5. The number of carbonyl (C=O) groups is 2. The minimum atomic E-state index is -1.96. The number of nitrogens with one attached hydrogen (secondary N) is 1. The summed E-state index contributed by atoms with van der Waals surface area (Å²) in [6.45, 7) is 2.66. The molecular weight excluding hydrogens is 499 g/mol. The molecule has 11 nitrogen and oxygen atoms in total. The first-order chi connectivity index (χ1) is 18.2. The second kappa shape index (κ2) is 9.62. The highest BCUT2D eigenvalue weighted by Crippen LogP contribution is 2.40. The number of nitrogens with zero attached hydrogens (tertiary/aromatic N) is 3. The SMILES string of the molecule is CCC1(O)C(=O)OCc2c1cc1n(c2=O)Cc2c-1nc1cc(F)c(C)cc1c2C=NOCCNC(=O)CO. The van der Waals surface area contributed by atoms with E-state index in [2.05, 4.69) is 15.5 Å². The first-order valence-corrected chi connectivity index (χ1v) is 12.0. The molecule has 1 atom stereocenters. The predicted octanol–water partition coefficient (Wildman–Crippen LogP) is 0.986. The summed E-state index contributed by atoms with van der Waals surface area (Å²) in [4.78, 5) is 46.9. The summed E-state index contributed by atoms with van der Waals surface area (Å²) in [7, 11) is 0. The van der Waals surface area contributed by atoms with E-state index in [0.717, 1.165) is 0 Å². The van der Waals surface area contributed by atoms with Gasteiger partial charge in [0, 0.05) is 28.1 Å². The van der Waals surface area contributed by atoms with Crippen LogP contribution in [0.25, 0.3) is 22.3 Å². The number of pyridine rings is 2. The number of hydrogen-bond acceptors (Lipinski definition) is 9. The van der Waals surface area contributed by atoms with Crippen molar-refractivity contribution in [3.05, 3.63) is 62.2 Å². The average molecular weight is 525 g/mol. The lowest BCUT2D eigenvalue weighted by molar-refractivity contribution is -0.172. The third-order valence-corrected chi connectivity index (χ3v) is 6.93. The van der Waals surface area contributed by atoms with E-state index in [1.165, 1.54) is 16.8 Å². The summed E-state index contributed by atoms with van der Waals surface area (Å²) >= 11 is 0. The molecule has 12 heteroatoms. The Balaban J connectivity index is 1.62. The van der Waals surface area contributed by atoms with E-state index in [9.17, 15) is 23.9 Å². The van der Waals surface area contributed by atoms with Crippen molar-refractivity contribution >= 4 is 29.0 Å². The first-order valence-electron chi connectivity index (χ1n) is 12.0. The number of benzene rings is 1. The topological polar surface area (TPSA) is 152 Å². The van der Waals surface area contributed by atoms with Crippen LogP contribution in [0.4, 0.5) is 4.39 Å². The van der Waals surface area contributed by atoms with Crippen molar-refractivity contribution < 1.29 is 33.8 Å². The van der Waals surface area contributed by atoms with E-state index in [1.807, 2.05) is 0 Å². The normalized spacial score (nSPS) is 17.8. The number of aromatic nitrogens is 2. The third-order valence-electron chi connectivity index (χ3n) is 6.93. The van der Waals surface area contributed by atoms with Gasteiger partial charge in [0.05, 0.1) is 41.8 Å². The Morgan fingerprint density at radius 2 is 2.13 bits per heavy atom. The Bertz CT molecular complexity index is 1580. The number of hydrogen-bond donors (Lipinski definition) is 3. The molecule has 0 saturated heterocycles. The number of cyclic esters (lactones) is 1. The van der Waals surface area contributed by atoms with E-state index in [0.29, 0.717) is 39.0 Å². The smallest absolute Gasteiger partial charge is 0.343 e. The molecule has 0 radical (unpaired) electrons. The monoisotopic (exact) mass is 524 g/mol. The number of halogens is 1. The summed E-state index contributed by atoms with van der Waals surface area (Å²) in [6.07, 6.45) is 1.46. The molecular formula is C26H25FN4O7. The standard InChI is InChI=1S/C26H25FN4O7/c1-3-26(36)18-7-21-23-16(10-31(21)24(34)17(18)12-37-25(26)35)15(9-29-38-5-4-28-22(33)11-32)14-6-13(2)19(27)8-20(14)30-23/h6-9,32,36H,3-5,10-12H2,1-2H3,(H,28,33). The minimum absolute atomic E-state index is 0.0121. The molecule has 0 bridgehead atoms. The van der Waals surface area contributed by atoms with E-state index >= 15 is 0 Å². The zero-order chi connectivity index (χ0) is 27.2. The van der Waals surface area contributed by atoms with Gasteiger partial charge in [0.15, 0.2) is 5.60 Å². The van der Waals surface area contributed by atoms with Crippen molar-refractivity contribution in [2.45, 2.75) is 39.0 Å². The number of rotatable bonds is 7. The Hall–Kier alpha value is -4.16. The van der Waals surface area contributed by atoms with Gasteiger partial charge in [0.2, 0.25) is 5.91 Å². The number of aryl methyl sites for hydroxylation is 1. The molecule has 0 fully saturated rings. The molecule has 2 aromatic heterocycles. The van der Waals surface area contributed by atoms with Gasteiger partial charge >= 0.3 is 5.97 Å². The predicted molar refractivity (Wildman–Crippen MR) is 133 cm³/mol. The summed E-state index contributed by atoms with van der Waals surface area (Å²) in [5, 5.41) is 26.9. The van der Waals surface area contributed by atoms with Crippen LogP contribution in [0, 0.1) is 12.7 Å². The van der Waals surface area contributed by atoms with Crippen LogP contribution in [0.3, 0.4) is 0 Å². The molecule has 2 aliphatic heterocycles. The molecule has 2 aliphatic rings. The fraction of sp³-hybridized carbons (Fsp3) is 0.346. The number of oxime groups is 1.